The molecule has 0 bridgehead atoms. The second-order valence-electron chi connectivity index (χ2n) is 5.27. The number of carbonyl (C=O) groups excluding carboxylic acids is 2. The van der Waals surface area contributed by atoms with Crippen LogP contribution in [0.15, 0.2) is 54.6 Å². The molecule has 0 aromatic heterocycles. The number of hydrogen-bond acceptors (Lipinski definition) is 2. The van der Waals surface area contributed by atoms with Gasteiger partial charge < -0.3 is 16.0 Å². The summed E-state index contributed by atoms with van der Waals surface area (Å²) in [5.74, 6) is -0.180. The maximum Gasteiger partial charge on any atom is 0.319 e. The number of para-hydroxylation sites is 1. The Labute approximate surface area is 128 Å². The van der Waals surface area contributed by atoms with E-state index < -0.39 is 0 Å². The van der Waals surface area contributed by atoms with Crippen molar-refractivity contribution in [2.75, 3.05) is 10.6 Å². The van der Waals surface area contributed by atoms with E-state index in [-0.39, 0.29) is 11.9 Å². The third-order valence-corrected chi connectivity index (χ3v) is 3.35. The van der Waals surface area contributed by atoms with E-state index >= 15 is 0 Å². The summed E-state index contributed by atoms with van der Waals surface area (Å²) < 4.78 is 0. The molecule has 0 saturated heterocycles. The van der Waals surface area contributed by atoms with Crippen LogP contribution in [0.4, 0.5) is 16.2 Å². The van der Waals surface area contributed by atoms with Gasteiger partial charge in [0.15, 0.2) is 0 Å². The average molecular weight is 295 g/mol. The fraction of sp³-hybridized carbons (Fsp3) is 0.176. The minimum Gasteiger partial charge on any atom is -0.335 e. The molecule has 1 aliphatic rings. The molecule has 2 aromatic carbocycles. The Hall–Kier alpha value is -2.82. The lowest BCUT2D eigenvalue weighted by Gasteiger charge is -2.08. The van der Waals surface area contributed by atoms with Crippen molar-refractivity contribution in [3.8, 4) is 0 Å². The van der Waals surface area contributed by atoms with Crippen molar-refractivity contribution in [3.63, 3.8) is 0 Å². The lowest BCUT2D eigenvalue weighted by molar-refractivity contribution is 0.102. The van der Waals surface area contributed by atoms with Crippen LogP contribution in [0.5, 0.6) is 0 Å². The first-order valence-corrected chi connectivity index (χ1v) is 7.25. The van der Waals surface area contributed by atoms with Gasteiger partial charge in [-0.3, -0.25) is 4.79 Å². The summed E-state index contributed by atoms with van der Waals surface area (Å²) in [4.78, 5) is 23.7. The van der Waals surface area contributed by atoms with Gasteiger partial charge in [0.25, 0.3) is 5.91 Å². The topological polar surface area (TPSA) is 70.2 Å². The molecule has 3 amide bonds. The van der Waals surface area contributed by atoms with E-state index in [2.05, 4.69) is 16.0 Å². The summed E-state index contributed by atoms with van der Waals surface area (Å²) in [5.41, 5.74) is 1.95. The van der Waals surface area contributed by atoms with E-state index in [1.165, 1.54) is 0 Å². The molecule has 0 atom stereocenters. The number of anilines is 2. The van der Waals surface area contributed by atoms with Crippen LogP contribution in [0.25, 0.3) is 0 Å². The van der Waals surface area contributed by atoms with Crippen LogP contribution >= 0.6 is 0 Å². The molecular weight excluding hydrogens is 278 g/mol. The molecule has 0 spiro atoms. The number of benzene rings is 2. The number of hydrogen-bond donors (Lipinski definition) is 3. The summed E-state index contributed by atoms with van der Waals surface area (Å²) in [6.45, 7) is 0. The van der Waals surface area contributed by atoms with Crippen LogP contribution in [0.1, 0.15) is 23.2 Å². The largest absolute Gasteiger partial charge is 0.335 e. The van der Waals surface area contributed by atoms with Crippen LogP contribution in [-0.2, 0) is 0 Å². The van der Waals surface area contributed by atoms with Crippen LogP contribution in [-0.4, -0.2) is 18.0 Å². The lowest BCUT2D eigenvalue weighted by atomic mass is 10.2. The molecule has 1 aliphatic carbocycles. The van der Waals surface area contributed by atoms with Crippen molar-refractivity contribution in [2.24, 2.45) is 0 Å². The second-order valence-corrected chi connectivity index (χ2v) is 5.27. The smallest absolute Gasteiger partial charge is 0.319 e. The van der Waals surface area contributed by atoms with Crippen molar-refractivity contribution in [1.82, 2.24) is 5.32 Å². The Bertz CT molecular complexity index is 664. The van der Waals surface area contributed by atoms with E-state index in [1.54, 1.807) is 24.3 Å². The van der Waals surface area contributed by atoms with Gasteiger partial charge in [0, 0.05) is 23.0 Å². The Morgan fingerprint density at radius 2 is 1.45 bits per heavy atom. The highest BCUT2D eigenvalue weighted by atomic mass is 16.2. The molecule has 5 heteroatoms. The van der Waals surface area contributed by atoms with Crippen molar-refractivity contribution in [3.05, 3.63) is 60.2 Å². The first kappa shape index (κ1) is 14.1. The molecule has 3 N–H and O–H groups in total. The van der Waals surface area contributed by atoms with E-state index in [9.17, 15) is 9.59 Å². The summed E-state index contributed by atoms with van der Waals surface area (Å²) in [5, 5.41) is 8.40. The molecule has 5 nitrogen and oxygen atoms in total. The molecule has 22 heavy (non-hydrogen) atoms. The van der Waals surface area contributed by atoms with Crippen molar-refractivity contribution >= 4 is 23.3 Å². The third kappa shape index (κ3) is 3.85. The first-order chi connectivity index (χ1) is 10.7. The van der Waals surface area contributed by atoms with Gasteiger partial charge in [-0.05, 0) is 49.2 Å². The average Bonchev–Trinajstić information content (AvgIpc) is 3.32. The van der Waals surface area contributed by atoms with Crippen molar-refractivity contribution in [2.45, 2.75) is 18.9 Å². The molecule has 3 rings (SSSR count). The van der Waals surface area contributed by atoms with E-state index in [4.69, 9.17) is 0 Å². The second kappa shape index (κ2) is 6.30. The first-order valence-electron chi connectivity index (χ1n) is 7.25. The Morgan fingerprint density at radius 1 is 0.818 bits per heavy atom. The Morgan fingerprint density at radius 3 is 2.09 bits per heavy atom. The zero-order valence-corrected chi connectivity index (χ0v) is 12.0. The summed E-state index contributed by atoms with van der Waals surface area (Å²) in [6.07, 6.45) is 2.10. The van der Waals surface area contributed by atoms with Crippen molar-refractivity contribution < 1.29 is 9.59 Å². The molecule has 0 aliphatic heterocycles. The third-order valence-electron chi connectivity index (χ3n) is 3.35. The molecule has 0 radical (unpaired) electrons. The minimum absolute atomic E-state index is 0.180. The zero-order valence-electron chi connectivity index (χ0n) is 12.0. The fourth-order valence-corrected chi connectivity index (χ4v) is 2.01. The van der Waals surface area contributed by atoms with Gasteiger partial charge in [0.1, 0.15) is 0 Å². The van der Waals surface area contributed by atoms with Gasteiger partial charge in [-0.25, -0.2) is 4.79 Å². The number of rotatable bonds is 4. The highest BCUT2D eigenvalue weighted by Gasteiger charge is 2.23. The summed E-state index contributed by atoms with van der Waals surface area (Å²) in [6, 6.07) is 16.2. The number of nitrogens with one attached hydrogen (secondary N) is 3. The zero-order chi connectivity index (χ0) is 15.4. The highest BCUT2D eigenvalue weighted by Crippen LogP contribution is 2.19. The monoisotopic (exact) mass is 295 g/mol. The van der Waals surface area contributed by atoms with Crippen LogP contribution in [0.2, 0.25) is 0 Å². The van der Waals surface area contributed by atoms with Crippen LogP contribution in [0, 0.1) is 0 Å². The maximum atomic E-state index is 12.1. The van der Waals surface area contributed by atoms with Crippen molar-refractivity contribution in [1.29, 1.82) is 0 Å². The SMILES string of the molecule is O=C(Nc1ccc(C(=O)Nc2ccccc2)cc1)NC1CC1. The number of carbonyl (C=O) groups is 2. The van der Waals surface area contributed by atoms with Gasteiger partial charge in [-0.15, -0.1) is 0 Å². The van der Waals surface area contributed by atoms with Gasteiger partial charge in [-0.2, -0.15) is 0 Å². The predicted molar refractivity (Wildman–Crippen MR) is 86.0 cm³/mol. The molecule has 1 fully saturated rings. The Balaban J connectivity index is 1.58. The predicted octanol–water partition coefficient (Wildman–Crippen LogP) is 3.22. The van der Waals surface area contributed by atoms with Crippen LogP contribution in [0.3, 0.4) is 0 Å². The number of amides is 3. The highest BCUT2D eigenvalue weighted by molar-refractivity contribution is 6.04. The summed E-state index contributed by atoms with van der Waals surface area (Å²) in [7, 11) is 0. The normalized spacial score (nSPS) is 13.3. The molecule has 1 saturated carbocycles. The molecule has 112 valence electrons. The van der Waals surface area contributed by atoms with Gasteiger partial charge in [0.2, 0.25) is 0 Å². The quantitative estimate of drug-likeness (QED) is 0.810. The fourth-order valence-electron chi connectivity index (χ4n) is 2.01. The Kier molecular flexibility index (Phi) is 4.05. The molecule has 0 unspecified atom stereocenters. The van der Waals surface area contributed by atoms with E-state index in [0.29, 0.717) is 17.3 Å². The number of urea groups is 1. The molecule has 0 heterocycles. The van der Waals surface area contributed by atoms with E-state index in [0.717, 1.165) is 18.5 Å². The standard InChI is InChI=1S/C17H17N3O2/c21-16(18-13-4-2-1-3-5-13)12-6-8-14(9-7-12)19-17(22)20-15-10-11-15/h1-9,15H,10-11H2,(H,18,21)(H2,19,20,22). The minimum atomic E-state index is -0.205. The van der Waals surface area contributed by atoms with Gasteiger partial charge in [0.05, 0.1) is 0 Å². The molecule has 2 aromatic rings. The van der Waals surface area contributed by atoms with Gasteiger partial charge in [-0.1, -0.05) is 18.2 Å². The van der Waals surface area contributed by atoms with Crippen LogP contribution < -0.4 is 16.0 Å². The van der Waals surface area contributed by atoms with E-state index in [1.807, 2.05) is 30.3 Å². The molecular formula is C17H17N3O2. The lowest BCUT2D eigenvalue weighted by Crippen LogP contribution is -2.30. The maximum absolute atomic E-state index is 12.1. The van der Waals surface area contributed by atoms with Gasteiger partial charge >= 0.3 is 6.03 Å². The summed E-state index contributed by atoms with van der Waals surface area (Å²) >= 11 is 0.